The van der Waals surface area contributed by atoms with Crippen molar-refractivity contribution in [1.29, 1.82) is 0 Å². The number of hydrogen-bond acceptors (Lipinski definition) is 7. The molecule has 1 atom stereocenters. The van der Waals surface area contributed by atoms with Crippen LogP contribution < -0.4 is 5.73 Å². The summed E-state index contributed by atoms with van der Waals surface area (Å²) in [5, 5.41) is 15.0. The zero-order valence-corrected chi connectivity index (χ0v) is 19.5. The van der Waals surface area contributed by atoms with E-state index in [2.05, 4.69) is 33.5 Å². The predicted octanol–water partition coefficient (Wildman–Crippen LogP) is 1.58. The van der Waals surface area contributed by atoms with Crippen LogP contribution in [0.3, 0.4) is 0 Å². The molecular formula is C24H28N6O4. The van der Waals surface area contributed by atoms with E-state index in [1.807, 2.05) is 24.3 Å². The third-order valence-electron chi connectivity index (χ3n) is 6.84. The maximum atomic E-state index is 12.4. The summed E-state index contributed by atoms with van der Waals surface area (Å²) in [6.45, 7) is 6.85. The second kappa shape index (κ2) is 8.07. The highest BCUT2D eigenvalue weighted by molar-refractivity contribution is 5.93. The summed E-state index contributed by atoms with van der Waals surface area (Å²) in [5.74, 6) is -0.144. The molecule has 1 aromatic carbocycles. The van der Waals surface area contributed by atoms with Crippen molar-refractivity contribution in [2.24, 2.45) is 5.73 Å². The third-order valence-corrected chi connectivity index (χ3v) is 6.84. The van der Waals surface area contributed by atoms with Crippen LogP contribution in [-0.2, 0) is 23.5 Å². The molecule has 10 heteroatoms. The standard InChI is InChI=1S/C24H28N6O4/c1-14(2)29-9-10-30-18(13-29)20(21(25)31)26-22(30)16-6-4-5-15(11-16)17-12-19(34-27-17)24(33)7-8-28(3)23(24)32/h4-6,11-12,14,33H,7-10,13H2,1-3H3,(H2,25,31)/t24-/m1/s1. The summed E-state index contributed by atoms with van der Waals surface area (Å²) in [6, 6.07) is 9.52. The number of nitrogens with zero attached hydrogens (tertiary/aromatic N) is 5. The van der Waals surface area contributed by atoms with Crippen LogP contribution in [0.5, 0.6) is 0 Å². The molecule has 0 bridgehead atoms. The number of carbonyl (C=O) groups is 2. The number of likely N-dealkylation sites (tertiary alicyclic amines) is 1. The molecule has 178 valence electrons. The Morgan fingerprint density at radius 3 is 2.65 bits per heavy atom. The number of likely N-dealkylation sites (N-methyl/N-ethyl adjacent to an activating group) is 1. The highest BCUT2D eigenvalue weighted by Gasteiger charge is 2.48. The smallest absolute Gasteiger partial charge is 0.269 e. The number of aromatic nitrogens is 3. The zero-order valence-electron chi connectivity index (χ0n) is 19.5. The number of imidazole rings is 1. The second-order valence-electron chi connectivity index (χ2n) is 9.31. The first kappa shape index (κ1) is 22.3. The average molecular weight is 465 g/mol. The molecule has 4 heterocycles. The SMILES string of the molecule is CC(C)N1CCn2c(-c3cccc(-c4cc([C@]5(O)CCN(C)C5=O)on4)c3)nc(C(N)=O)c2C1. The van der Waals surface area contributed by atoms with Crippen molar-refractivity contribution >= 4 is 11.8 Å². The monoisotopic (exact) mass is 464 g/mol. The summed E-state index contributed by atoms with van der Waals surface area (Å²) in [4.78, 5) is 32.9. The second-order valence-corrected chi connectivity index (χ2v) is 9.31. The highest BCUT2D eigenvalue weighted by Crippen LogP contribution is 2.35. The fraction of sp³-hybridized carbons (Fsp3) is 0.417. The van der Waals surface area contributed by atoms with E-state index in [1.165, 1.54) is 4.90 Å². The maximum absolute atomic E-state index is 12.4. The Kier molecular flexibility index (Phi) is 5.29. The molecular weight excluding hydrogens is 436 g/mol. The predicted molar refractivity (Wildman–Crippen MR) is 123 cm³/mol. The average Bonchev–Trinajstić information content (AvgIpc) is 3.53. The lowest BCUT2D eigenvalue weighted by Crippen LogP contribution is -2.39. The van der Waals surface area contributed by atoms with Crippen molar-refractivity contribution in [2.75, 3.05) is 20.1 Å². The van der Waals surface area contributed by atoms with Gasteiger partial charge in [0.2, 0.25) is 5.60 Å². The Morgan fingerprint density at radius 1 is 1.21 bits per heavy atom. The van der Waals surface area contributed by atoms with Gasteiger partial charge in [0, 0.05) is 62.9 Å². The lowest BCUT2D eigenvalue weighted by Gasteiger charge is -2.32. The van der Waals surface area contributed by atoms with E-state index in [-0.39, 0.29) is 12.2 Å². The van der Waals surface area contributed by atoms with Gasteiger partial charge in [-0.05, 0) is 19.9 Å². The van der Waals surface area contributed by atoms with E-state index in [1.54, 1.807) is 13.1 Å². The Balaban J connectivity index is 1.51. The molecule has 5 rings (SSSR count). The van der Waals surface area contributed by atoms with Gasteiger partial charge in [-0.15, -0.1) is 0 Å². The molecule has 3 N–H and O–H groups in total. The van der Waals surface area contributed by atoms with Gasteiger partial charge >= 0.3 is 0 Å². The summed E-state index contributed by atoms with van der Waals surface area (Å²) in [6.07, 6.45) is 0.251. The van der Waals surface area contributed by atoms with E-state index in [9.17, 15) is 14.7 Å². The minimum Gasteiger partial charge on any atom is -0.373 e. The van der Waals surface area contributed by atoms with Gasteiger partial charge < -0.3 is 24.8 Å². The van der Waals surface area contributed by atoms with Crippen LogP contribution in [0.1, 0.15) is 42.2 Å². The molecule has 2 aromatic heterocycles. The molecule has 2 aliphatic heterocycles. The highest BCUT2D eigenvalue weighted by atomic mass is 16.5. The topological polar surface area (TPSA) is 131 Å². The maximum Gasteiger partial charge on any atom is 0.269 e. The van der Waals surface area contributed by atoms with Crippen LogP contribution in [0.25, 0.3) is 22.6 Å². The van der Waals surface area contributed by atoms with Crippen LogP contribution in [0, 0.1) is 0 Å². The summed E-state index contributed by atoms with van der Waals surface area (Å²) < 4.78 is 7.45. The van der Waals surface area contributed by atoms with Crippen molar-refractivity contribution in [1.82, 2.24) is 24.5 Å². The van der Waals surface area contributed by atoms with Crippen LogP contribution in [-0.4, -0.2) is 67.6 Å². The van der Waals surface area contributed by atoms with Crippen molar-refractivity contribution in [2.45, 2.75) is 45.0 Å². The molecule has 2 aliphatic rings. The summed E-state index contributed by atoms with van der Waals surface area (Å²) >= 11 is 0. The molecule has 34 heavy (non-hydrogen) atoms. The first-order valence-corrected chi connectivity index (χ1v) is 11.4. The van der Waals surface area contributed by atoms with Gasteiger partial charge in [-0.25, -0.2) is 4.98 Å². The fourth-order valence-corrected chi connectivity index (χ4v) is 4.75. The number of carbonyl (C=O) groups excluding carboxylic acids is 2. The number of primary amides is 1. The van der Waals surface area contributed by atoms with Crippen LogP contribution in [0.2, 0.25) is 0 Å². The molecule has 10 nitrogen and oxygen atoms in total. The number of rotatable bonds is 5. The van der Waals surface area contributed by atoms with Crippen molar-refractivity contribution in [3.63, 3.8) is 0 Å². The largest absolute Gasteiger partial charge is 0.373 e. The Labute approximate surface area is 196 Å². The molecule has 3 aromatic rings. The fourth-order valence-electron chi connectivity index (χ4n) is 4.75. The summed E-state index contributed by atoms with van der Waals surface area (Å²) in [7, 11) is 1.65. The van der Waals surface area contributed by atoms with Crippen LogP contribution in [0.15, 0.2) is 34.9 Å². The number of aliphatic hydroxyl groups is 1. The Morgan fingerprint density at radius 2 is 1.97 bits per heavy atom. The molecule has 0 radical (unpaired) electrons. The Bertz CT molecular complexity index is 1280. The van der Waals surface area contributed by atoms with Gasteiger partial charge in [-0.3, -0.25) is 14.5 Å². The molecule has 0 saturated carbocycles. The molecule has 1 saturated heterocycles. The normalized spacial score (nSPS) is 20.9. The minimum atomic E-state index is -1.70. The third kappa shape index (κ3) is 3.50. The van der Waals surface area contributed by atoms with E-state index >= 15 is 0 Å². The minimum absolute atomic E-state index is 0.130. The van der Waals surface area contributed by atoms with Gasteiger partial charge in [-0.2, -0.15) is 0 Å². The number of benzene rings is 1. The lowest BCUT2D eigenvalue weighted by molar-refractivity contribution is -0.144. The van der Waals surface area contributed by atoms with E-state index in [0.29, 0.717) is 42.9 Å². The quantitative estimate of drug-likeness (QED) is 0.586. The van der Waals surface area contributed by atoms with E-state index in [4.69, 9.17) is 10.3 Å². The van der Waals surface area contributed by atoms with Crippen LogP contribution in [0.4, 0.5) is 0 Å². The van der Waals surface area contributed by atoms with E-state index in [0.717, 1.165) is 23.4 Å². The first-order chi connectivity index (χ1) is 16.2. The number of amides is 2. The van der Waals surface area contributed by atoms with Gasteiger partial charge in [0.25, 0.3) is 11.8 Å². The molecule has 1 fully saturated rings. The molecule has 0 unspecified atom stereocenters. The zero-order chi connectivity index (χ0) is 24.2. The number of hydrogen-bond donors (Lipinski definition) is 2. The van der Waals surface area contributed by atoms with Gasteiger partial charge in [0.05, 0.1) is 5.69 Å². The Hall–Kier alpha value is -3.50. The van der Waals surface area contributed by atoms with Gasteiger partial charge in [-0.1, -0.05) is 23.4 Å². The summed E-state index contributed by atoms with van der Waals surface area (Å²) in [5.41, 5.74) is 7.13. The molecule has 0 aliphatic carbocycles. The number of fused-ring (bicyclic) bond motifs is 1. The van der Waals surface area contributed by atoms with Crippen LogP contribution >= 0.6 is 0 Å². The van der Waals surface area contributed by atoms with Crippen molar-refractivity contribution in [3.05, 3.63) is 47.5 Å². The van der Waals surface area contributed by atoms with E-state index < -0.39 is 17.4 Å². The number of nitrogens with two attached hydrogens (primary N) is 1. The first-order valence-electron chi connectivity index (χ1n) is 11.4. The van der Waals surface area contributed by atoms with Crippen molar-refractivity contribution < 1.29 is 19.2 Å². The lowest BCUT2D eigenvalue weighted by atomic mass is 9.98. The van der Waals surface area contributed by atoms with Gasteiger partial charge in [0.1, 0.15) is 11.5 Å². The van der Waals surface area contributed by atoms with Crippen molar-refractivity contribution in [3.8, 4) is 22.6 Å². The van der Waals surface area contributed by atoms with Gasteiger partial charge in [0.15, 0.2) is 11.5 Å². The molecule has 0 spiro atoms. The molecule has 2 amide bonds.